The maximum absolute atomic E-state index is 12.3. The molecule has 1 aliphatic rings. The first kappa shape index (κ1) is 20.1. The molecule has 1 amide bonds. The van der Waals surface area contributed by atoms with Crippen LogP contribution in [0.2, 0.25) is 0 Å². The highest BCUT2D eigenvalue weighted by atomic mass is 16.3. The van der Waals surface area contributed by atoms with E-state index in [0.717, 1.165) is 43.7 Å². The van der Waals surface area contributed by atoms with Crippen LogP contribution < -0.4 is 10.6 Å². The summed E-state index contributed by atoms with van der Waals surface area (Å²) < 4.78 is 0. The largest absolute Gasteiger partial charge is 0.483 e. The molecular weight excluding hydrogens is 344 g/mol. The van der Waals surface area contributed by atoms with Crippen molar-refractivity contribution >= 4 is 12.4 Å². The lowest BCUT2D eigenvalue weighted by molar-refractivity contribution is -0.122. The number of pyridine rings is 1. The molecule has 7 heteroatoms. The Morgan fingerprint density at radius 1 is 1.30 bits per heavy atom. The van der Waals surface area contributed by atoms with Crippen molar-refractivity contribution in [3.8, 4) is 17.3 Å². The third-order valence-electron chi connectivity index (χ3n) is 4.34. The van der Waals surface area contributed by atoms with Crippen LogP contribution in [0.25, 0.3) is 11.3 Å². The molecule has 0 bridgehead atoms. The summed E-state index contributed by atoms with van der Waals surface area (Å²) in [5.41, 5.74) is 2.84. The molecule has 0 unspecified atom stereocenters. The number of hydrogen-bond acceptors (Lipinski definition) is 5. The van der Waals surface area contributed by atoms with Crippen molar-refractivity contribution in [3.63, 3.8) is 0 Å². The van der Waals surface area contributed by atoms with Gasteiger partial charge in [0.1, 0.15) is 0 Å². The van der Waals surface area contributed by atoms with Gasteiger partial charge in [-0.1, -0.05) is 12.1 Å². The number of carboxylic acid groups (broad SMARTS) is 1. The molecule has 2 heterocycles. The SMILES string of the molecule is N#Cc1ccnc(-c2ccc(C(=O)NCC3CCNCC3)cc2)c1.O=CO. The third kappa shape index (κ3) is 6.20. The number of benzene rings is 1. The van der Waals surface area contributed by atoms with Crippen molar-refractivity contribution in [2.45, 2.75) is 12.8 Å². The van der Waals surface area contributed by atoms with Crippen molar-refractivity contribution < 1.29 is 14.7 Å². The lowest BCUT2D eigenvalue weighted by Crippen LogP contribution is -2.35. The lowest BCUT2D eigenvalue weighted by Gasteiger charge is -2.22. The fraction of sp³-hybridized carbons (Fsp3) is 0.300. The monoisotopic (exact) mass is 366 g/mol. The molecule has 7 nitrogen and oxygen atoms in total. The number of nitriles is 1. The van der Waals surface area contributed by atoms with Crippen molar-refractivity contribution in [2.75, 3.05) is 19.6 Å². The van der Waals surface area contributed by atoms with Crippen LogP contribution in [0.15, 0.2) is 42.6 Å². The molecule has 0 aliphatic carbocycles. The van der Waals surface area contributed by atoms with Gasteiger partial charge in [0.25, 0.3) is 12.4 Å². The molecule has 0 atom stereocenters. The summed E-state index contributed by atoms with van der Waals surface area (Å²) in [7, 11) is 0. The van der Waals surface area contributed by atoms with Gasteiger partial charge in [-0.3, -0.25) is 14.6 Å². The Hall–Kier alpha value is -3.24. The highest BCUT2D eigenvalue weighted by Crippen LogP contribution is 2.18. The zero-order valence-electron chi connectivity index (χ0n) is 14.9. The van der Waals surface area contributed by atoms with Crippen LogP contribution in [-0.4, -0.2) is 42.1 Å². The normalized spacial score (nSPS) is 13.6. The summed E-state index contributed by atoms with van der Waals surface area (Å²) in [6, 6.07) is 12.8. The summed E-state index contributed by atoms with van der Waals surface area (Å²) in [5, 5.41) is 22.2. The van der Waals surface area contributed by atoms with Crippen molar-refractivity contribution in [1.82, 2.24) is 15.6 Å². The Kier molecular flexibility index (Phi) is 7.94. The summed E-state index contributed by atoms with van der Waals surface area (Å²) in [4.78, 5) is 24.9. The molecule has 2 aromatic rings. The average Bonchev–Trinajstić information content (AvgIpc) is 2.73. The molecule has 140 valence electrons. The molecular formula is C20H22N4O3. The van der Waals surface area contributed by atoms with Gasteiger partial charge in [0.15, 0.2) is 0 Å². The second kappa shape index (κ2) is 10.7. The molecule has 0 spiro atoms. The van der Waals surface area contributed by atoms with E-state index in [4.69, 9.17) is 15.2 Å². The molecule has 1 fully saturated rings. The first-order chi connectivity index (χ1) is 13.2. The van der Waals surface area contributed by atoms with E-state index in [2.05, 4.69) is 21.7 Å². The number of nitrogens with one attached hydrogen (secondary N) is 2. The Morgan fingerprint density at radius 3 is 2.59 bits per heavy atom. The van der Waals surface area contributed by atoms with Crippen molar-refractivity contribution in [2.24, 2.45) is 5.92 Å². The maximum atomic E-state index is 12.3. The quantitative estimate of drug-likeness (QED) is 0.714. The van der Waals surface area contributed by atoms with E-state index in [1.54, 1.807) is 30.5 Å². The van der Waals surface area contributed by atoms with Gasteiger partial charge in [-0.2, -0.15) is 5.26 Å². The number of aromatic nitrogens is 1. The standard InChI is InChI=1S/C19H20N4O.CH2O2/c20-12-15-7-10-22-18(11-15)16-1-3-17(4-2-16)19(24)23-13-14-5-8-21-9-6-14;2-1-3/h1-4,7,10-11,14,21H,5-6,8-9,13H2,(H,23,24);1H,(H,2,3). The van der Waals surface area contributed by atoms with Crippen LogP contribution in [0.1, 0.15) is 28.8 Å². The molecule has 1 saturated heterocycles. The topological polar surface area (TPSA) is 115 Å². The van der Waals surface area contributed by atoms with Gasteiger partial charge in [-0.05, 0) is 56.1 Å². The van der Waals surface area contributed by atoms with E-state index in [-0.39, 0.29) is 12.4 Å². The molecule has 3 rings (SSSR count). The number of amides is 1. The van der Waals surface area contributed by atoms with Crippen LogP contribution in [0, 0.1) is 17.2 Å². The zero-order valence-corrected chi connectivity index (χ0v) is 14.9. The zero-order chi connectivity index (χ0) is 19.5. The van der Waals surface area contributed by atoms with Gasteiger partial charge in [0.2, 0.25) is 0 Å². The van der Waals surface area contributed by atoms with Gasteiger partial charge in [0.05, 0.1) is 17.3 Å². The smallest absolute Gasteiger partial charge is 0.290 e. The Morgan fingerprint density at radius 2 is 1.96 bits per heavy atom. The first-order valence-corrected chi connectivity index (χ1v) is 8.71. The van der Waals surface area contributed by atoms with Crippen LogP contribution in [-0.2, 0) is 4.79 Å². The molecule has 27 heavy (non-hydrogen) atoms. The summed E-state index contributed by atoms with van der Waals surface area (Å²) >= 11 is 0. The van der Waals surface area contributed by atoms with Crippen LogP contribution in [0.5, 0.6) is 0 Å². The number of rotatable bonds is 4. The van der Waals surface area contributed by atoms with E-state index in [1.165, 1.54) is 0 Å². The van der Waals surface area contributed by atoms with E-state index in [1.807, 2.05) is 12.1 Å². The van der Waals surface area contributed by atoms with E-state index < -0.39 is 0 Å². The minimum Gasteiger partial charge on any atom is -0.483 e. The average molecular weight is 366 g/mol. The van der Waals surface area contributed by atoms with Crippen LogP contribution in [0.4, 0.5) is 0 Å². The molecule has 0 radical (unpaired) electrons. The number of piperidine rings is 1. The Labute approximate surface area is 158 Å². The maximum Gasteiger partial charge on any atom is 0.290 e. The highest BCUT2D eigenvalue weighted by molar-refractivity contribution is 5.94. The van der Waals surface area contributed by atoms with E-state index in [9.17, 15) is 4.79 Å². The van der Waals surface area contributed by atoms with Crippen molar-refractivity contribution in [1.29, 1.82) is 5.26 Å². The van der Waals surface area contributed by atoms with Crippen LogP contribution in [0.3, 0.4) is 0 Å². The molecule has 1 aromatic heterocycles. The Balaban J connectivity index is 0.000000817. The molecule has 1 aromatic carbocycles. The minimum absolute atomic E-state index is 0.0428. The third-order valence-corrected chi connectivity index (χ3v) is 4.34. The molecule has 3 N–H and O–H groups in total. The number of hydrogen-bond donors (Lipinski definition) is 3. The predicted molar refractivity (Wildman–Crippen MR) is 101 cm³/mol. The minimum atomic E-state index is -0.250. The van der Waals surface area contributed by atoms with Gasteiger partial charge < -0.3 is 15.7 Å². The molecule has 0 saturated carbocycles. The number of nitrogens with zero attached hydrogens (tertiary/aromatic N) is 2. The van der Waals surface area contributed by atoms with E-state index in [0.29, 0.717) is 17.0 Å². The van der Waals surface area contributed by atoms with Gasteiger partial charge in [-0.15, -0.1) is 0 Å². The Bertz CT molecular complexity index is 794. The molecule has 1 aliphatic heterocycles. The van der Waals surface area contributed by atoms with Gasteiger partial charge >= 0.3 is 0 Å². The van der Waals surface area contributed by atoms with Gasteiger partial charge in [0, 0.05) is 23.9 Å². The lowest BCUT2D eigenvalue weighted by atomic mass is 9.98. The second-order valence-corrected chi connectivity index (χ2v) is 6.13. The number of carbonyl (C=O) groups is 2. The fourth-order valence-electron chi connectivity index (χ4n) is 2.88. The summed E-state index contributed by atoms with van der Waals surface area (Å²) in [6.45, 7) is 2.54. The predicted octanol–water partition coefficient (Wildman–Crippen LogP) is 2.05. The number of carbonyl (C=O) groups excluding carboxylic acids is 1. The van der Waals surface area contributed by atoms with E-state index >= 15 is 0 Å². The fourth-order valence-corrected chi connectivity index (χ4v) is 2.88. The highest BCUT2D eigenvalue weighted by Gasteiger charge is 2.14. The van der Waals surface area contributed by atoms with Crippen LogP contribution >= 0.6 is 0 Å². The first-order valence-electron chi connectivity index (χ1n) is 8.71. The second-order valence-electron chi connectivity index (χ2n) is 6.13. The van der Waals surface area contributed by atoms with Gasteiger partial charge in [-0.25, -0.2) is 0 Å². The summed E-state index contributed by atoms with van der Waals surface area (Å²) in [5.74, 6) is 0.520. The summed E-state index contributed by atoms with van der Waals surface area (Å²) in [6.07, 6.45) is 3.84. The van der Waals surface area contributed by atoms with Crippen molar-refractivity contribution in [3.05, 3.63) is 53.7 Å².